The lowest BCUT2D eigenvalue weighted by atomic mass is 10.1. The fraction of sp³-hybridized carbons (Fsp3) is 0.875. The fourth-order valence-electron chi connectivity index (χ4n) is 0.917. The molecule has 0 aliphatic rings. The summed E-state index contributed by atoms with van der Waals surface area (Å²) in [5.74, 6) is -0.411. The van der Waals surface area contributed by atoms with Crippen molar-refractivity contribution in [1.82, 2.24) is 0 Å². The topological polar surface area (TPSA) is 70.8 Å². The first kappa shape index (κ1) is 12.3. The molecule has 0 radical (unpaired) electrons. The van der Waals surface area contributed by atoms with Gasteiger partial charge in [0.15, 0.2) is 6.29 Å². The van der Waals surface area contributed by atoms with E-state index in [2.05, 4.69) is 4.74 Å². The van der Waals surface area contributed by atoms with E-state index in [1.807, 2.05) is 0 Å². The zero-order valence-electron chi connectivity index (χ0n) is 8.28. The first-order valence-corrected chi connectivity index (χ1v) is 4.04. The number of carbonyl (C=O) groups is 1. The molecular formula is C8H17NO4. The van der Waals surface area contributed by atoms with Gasteiger partial charge in [-0.15, -0.1) is 0 Å². The molecule has 1 unspecified atom stereocenters. The van der Waals surface area contributed by atoms with Crippen LogP contribution in [0.15, 0.2) is 0 Å². The van der Waals surface area contributed by atoms with E-state index in [0.717, 1.165) is 0 Å². The number of hydrogen-bond donors (Lipinski definition) is 1. The van der Waals surface area contributed by atoms with Gasteiger partial charge < -0.3 is 19.9 Å². The van der Waals surface area contributed by atoms with E-state index in [4.69, 9.17) is 15.2 Å². The molecule has 0 aromatic carbocycles. The molecule has 13 heavy (non-hydrogen) atoms. The molecule has 0 bridgehead atoms. The van der Waals surface area contributed by atoms with Gasteiger partial charge in [0.2, 0.25) is 0 Å². The zero-order valence-corrected chi connectivity index (χ0v) is 8.28. The Morgan fingerprint density at radius 1 is 1.23 bits per heavy atom. The molecule has 0 aliphatic heterocycles. The van der Waals surface area contributed by atoms with E-state index in [9.17, 15) is 4.79 Å². The molecule has 0 heterocycles. The van der Waals surface area contributed by atoms with Crippen molar-refractivity contribution >= 4 is 5.97 Å². The summed E-state index contributed by atoms with van der Waals surface area (Å²) in [5, 5.41) is 0. The van der Waals surface area contributed by atoms with Gasteiger partial charge in [-0.25, -0.2) is 0 Å². The fourth-order valence-corrected chi connectivity index (χ4v) is 0.917. The number of methoxy groups -OCH3 is 3. The van der Waals surface area contributed by atoms with Crippen LogP contribution in [0.1, 0.15) is 12.8 Å². The first-order chi connectivity index (χ1) is 6.15. The molecule has 1 atom stereocenters. The highest BCUT2D eigenvalue weighted by molar-refractivity contribution is 5.75. The molecular weight excluding hydrogens is 174 g/mol. The lowest BCUT2D eigenvalue weighted by molar-refractivity contribution is -0.143. The van der Waals surface area contributed by atoms with Crippen molar-refractivity contribution in [2.75, 3.05) is 21.3 Å². The molecule has 0 saturated heterocycles. The number of ether oxygens (including phenoxy) is 3. The van der Waals surface area contributed by atoms with Gasteiger partial charge >= 0.3 is 5.97 Å². The lowest BCUT2D eigenvalue weighted by Gasteiger charge is -2.15. The van der Waals surface area contributed by atoms with Crippen molar-refractivity contribution < 1.29 is 19.0 Å². The average Bonchev–Trinajstić information content (AvgIpc) is 2.17. The normalized spacial score (nSPS) is 13.0. The van der Waals surface area contributed by atoms with Gasteiger partial charge in [0.1, 0.15) is 6.04 Å². The van der Waals surface area contributed by atoms with Gasteiger partial charge in [-0.1, -0.05) is 0 Å². The molecule has 0 aliphatic carbocycles. The monoisotopic (exact) mass is 191 g/mol. The van der Waals surface area contributed by atoms with Crippen LogP contribution < -0.4 is 5.73 Å². The number of carbonyl (C=O) groups excluding carboxylic acids is 1. The van der Waals surface area contributed by atoms with Crippen molar-refractivity contribution in [2.45, 2.75) is 25.2 Å². The van der Waals surface area contributed by atoms with Crippen molar-refractivity contribution in [3.63, 3.8) is 0 Å². The van der Waals surface area contributed by atoms with Crippen LogP contribution in [0.2, 0.25) is 0 Å². The molecule has 0 amide bonds. The van der Waals surface area contributed by atoms with E-state index < -0.39 is 12.0 Å². The van der Waals surface area contributed by atoms with E-state index in [1.165, 1.54) is 21.3 Å². The molecule has 78 valence electrons. The van der Waals surface area contributed by atoms with Crippen LogP contribution in [0.3, 0.4) is 0 Å². The summed E-state index contributed by atoms with van der Waals surface area (Å²) in [6.45, 7) is 0. The van der Waals surface area contributed by atoms with E-state index >= 15 is 0 Å². The summed E-state index contributed by atoms with van der Waals surface area (Å²) in [7, 11) is 4.39. The van der Waals surface area contributed by atoms with E-state index in [1.54, 1.807) is 0 Å². The van der Waals surface area contributed by atoms with Crippen molar-refractivity contribution in [2.24, 2.45) is 5.73 Å². The highest BCUT2D eigenvalue weighted by atomic mass is 16.7. The molecule has 0 saturated carbocycles. The summed E-state index contributed by atoms with van der Waals surface area (Å²) in [6.07, 6.45) is 0.748. The summed E-state index contributed by atoms with van der Waals surface area (Å²) in [6, 6.07) is -0.599. The Hall–Kier alpha value is -0.650. The third-order valence-corrected chi connectivity index (χ3v) is 1.74. The molecule has 5 heteroatoms. The van der Waals surface area contributed by atoms with Crippen molar-refractivity contribution in [3.8, 4) is 0 Å². The third-order valence-electron chi connectivity index (χ3n) is 1.74. The number of rotatable bonds is 6. The van der Waals surface area contributed by atoms with E-state index in [-0.39, 0.29) is 6.29 Å². The van der Waals surface area contributed by atoms with Crippen LogP contribution in [0.25, 0.3) is 0 Å². The standard InChI is InChI=1S/C8H17NO4/c1-11-7(12-2)5-4-6(9)8(10)13-3/h6-7H,4-5,9H2,1-3H3. The Labute approximate surface area is 78.1 Å². The average molecular weight is 191 g/mol. The third kappa shape index (κ3) is 4.82. The second kappa shape index (κ2) is 6.82. The van der Waals surface area contributed by atoms with Crippen molar-refractivity contribution in [3.05, 3.63) is 0 Å². The first-order valence-electron chi connectivity index (χ1n) is 4.04. The maximum Gasteiger partial charge on any atom is 0.322 e. The Bertz CT molecular complexity index is 147. The summed E-state index contributed by atoms with van der Waals surface area (Å²) in [4.78, 5) is 10.9. The van der Waals surface area contributed by atoms with Crippen LogP contribution in [-0.4, -0.2) is 39.6 Å². The molecule has 0 aromatic rings. The van der Waals surface area contributed by atoms with Crippen LogP contribution in [0, 0.1) is 0 Å². The Kier molecular flexibility index (Phi) is 6.48. The Morgan fingerprint density at radius 3 is 2.15 bits per heavy atom. The number of nitrogens with two attached hydrogens (primary N) is 1. The minimum atomic E-state index is -0.599. The molecule has 0 aromatic heterocycles. The quantitative estimate of drug-likeness (QED) is 0.468. The minimum Gasteiger partial charge on any atom is -0.468 e. The smallest absolute Gasteiger partial charge is 0.322 e. The van der Waals surface area contributed by atoms with Crippen molar-refractivity contribution in [1.29, 1.82) is 0 Å². The highest BCUT2D eigenvalue weighted by Gasteiger charge is 2.15. The van der Waals surface area contributed by atoms with Crippen LogP contribution >= 0.6 is 0 Å². The van der Waals surface area contributed by atoms with Gasteiger partial charge in [0.25, 0.3) is 0 Å². The minimum absolute atomic E-state index is 0.310. The summed E-state index contributed by atoms with van der Waals surface area (Å²) < 4.78 is 14.3. The Morgan fingerprint density at radius 2 is 1.77 bits per heavy atom. The van der Waals surface area contributed by atoms with Gasteiger partial charge in [-0.2, -0.15) is 0 Å². The van der Waals surface area contributed by atoms with E-state index in [0.29, 0.717) is 12.8 Å². The Balaban J connectivity index is 3.67. The van der Waals surface area contributed by atoms with Crippen LogP contribution in [0.4, 0.5) is 0 Å². The SMILES string of the molecule is COC(=O)C(N)CCC(OC)OC. The van der Waals surface area contributed by atoms with Gasteiger partial charge in [-0.05, 0) is 6.42 Å². The van der Waals surface area contributed by atoms with Crippen LogP contribution in [0.5, 0.6) is 0 Å². The summed E-state index contributed by atoms with van der Waals surface area (Å²) >= 11 is 0. The van der Waals surface area contributed by atoms with Gasteiger partial charge in [0, 0.05) is 20.6 Å². The molecule has 0 fully saturated rings. The number of hydrogen-bond acceptors (Lipinski definition) is 5. The molecule has 5 nitrogen and oxygen atoms in total. The maximum atomic E-state index is 10.9. The molecule has 2 N–H and O–H groups in total. The second-order valence-electron chi connectivity index (χ2n) is 2.61. The largest absolute Gasteiger partial charge is 0.468 e. The van der Waals surface area contributed by atoms with Gasteiger partial charge in [-0.3, -0.25) is 4.79 Å². The zero-order chi connectivity index (χ0) is 10.3. The molecule has 0 rings (SSSR count). The number of esters is 1. The predicted molar refractivity (Wildman–Crippen MR) is 47.0 cm³/mol. The maximum absolute atomic E-state index is 10.9. The highest BCUT2D eigenvalue weighted by Crippen LogP contribution is 2.04. The predicted octanol–water partition coefficient (Wildman–Crippen LogP) is -0.114. The lowest BCUT2D eigenvalue weighted by Crippen LogP contribution is -2.32. The summed E-state index contributed by atoms with van der Waals surface area (Å²) in [5.41, 5.74) is 5.50. The molecule has 0 spiro atoms. The van der Waals surface area contributed by atoms with Crippen LogP contribution in [-0.2, 0) is 19.0 Å². The van der Waals surface area contributed by atoms with Gasteiger partial charge in [0.05, 0.1) is 7.11 Å². The second-order valence-corrected chi connectivity index (χ2v) is 2.61.